The van der Waals surface area contributed by atoms with Crippen molar-refractivity contribution in [1.82, 2.24) is 10.6 Å². The fourth-order valence-electron chi connectivity index (χ4n) is 3.06. The summed E-state index contributed by atoms with van der Waals surface area (Å²) in [6, 6.07) is 8.24. The summed E-state index contributed by atoms with van der Waals surface area (Å²) in [5, 5.41) is 6.59. The van der Waals surface area contributed by atoms with Gasteiger partial charge in [0.25, 0.3) is 0 Å². The molecule has 0 radical (unpaired) electrons. The highest BCUT2D eigenvalue weighted by atomic mass is 16.5. The van der Waals surface area contributed by atoms with Crippen LogP contribution >= 0.6 is 0 Å². The van der Waals surface area contributed by atoms with Crippen molar-refractivity contribution >= 4 is 5.91 Å². The molecule has 1 heterocycles. The van der Waals surface area contributed by atoms with Gasteiger partial charge in [0, 0.05) is 6.54 Å². The lowest BCUT2D eigenvalue weighted by molar-refractivity contribution is -0.126. The van der Waals surface area contributed by atoms with Crippen LogP contribution in [0, 0.1) is 11.8 Å². The number of piperidine rings is 1. The molecule has 1 saturated heterocycles. The molecule has 2 N–H and O–H groups in total. The second kappa shape index (κ2) is 6.48. The third kappa shape index (κ3) is 3.56. The molecular formula is C17H24N2O2. The van der Waals surface area contributed by atoms with Gasteiger partial charge in [-0.3, -0.25) is 4.79 Å². The molecule has 4 nitrogen and oxygen atoms in total. The van der Waals surface area contributed by atoms with E-state index in [-0.39, 0.29) is 17.9 Å². The Morgan fingerprint density at radius 1 is 1.29 bits per heavy atom. The molecular weight excluding hydrogens is 264 g/mol. The number of rotatable bonds is 5. The molecule has 1 unspecified atom stereocenters. The van der Waals surface area contributed by atoms with Gasteiger partial charge in [0.2, 0.25) is 5.91 Å². The summed E-state index contributed by atoms with van der Waals surface area (Å²) in [5.74, 6) is 1.78. The summed E-state index contributed by atoms with van der Waals surface area (Å²) in [7, 11) is 1.67. The molecule has 0 bridgehead atoms. The van der Waals surface area contributed by atoms with Crippen molar-refractivity contribution in [2.24, 2.45) is 11.8 Å². The Kier molecular flexibility index (Phi) is 4.44. The largest absolute Gasteiger partial charge is 0.497 e. The Morgan fingerprint density at radius 2 is 2.05 bits per heavy atom. The number of nitrogens with one attached hydrogen (secondary N) is 2. The van der Waals surface area contributed by atoms with E-state index in [2.05, 4.69) is 22.8 Å². The summed E-state index contributed by atoms with van der Waals surface area (Å²) >= 11 is 0. The van der Waals surface area contributed by atoms with Gasteiger partial charge in [-0.25, -0.2) is 0 Å². The molecule has 3 rings (SSSR count). The molecule has 0 aromatic heterocycles. The number of methoxy groups -OCH3 is 1. The number of carbonyl (C=O) groups is 1. The van der Waals surface area contributed by atoms with Crippen molar-refractivity contribution in [2.45, 2.75) is 31.7 Å². The first-order valence-electron chi connectivity index (χ1n) is 7.93. The van der Waals surface area contributed by atoms with Gasteiger partial charge >= 0.3 is 0 Å². The minimum Gasteiger partial charge on any atom is -0.497 e. The first kappa shape index (κ1) is 14.4. The number of carbonyl (C=O) groups excluding carboxylic acids is 1. The van der Waals surface area contributed by atoms with E-state index in [0.717, 1.165) is 31.7 Å². The predicted molar refractivity (Wildman–Crippen MR) is 82.2 cm³/mol. The minimum atomic E-state index is 0.123. The fraction of sp³-hybridized carbons (Fsp3) is 0.588. The molecule has 1 amide bonds. The molecule has 114 valence electrons. The smallest absolute Gasteiger partial charge is 0.224 e. The maximum absolute atomic E-state index is 12.5. The zero-order valence-electron chi connectivity index (χ0n) is 12.6. The summed E-state index contributed by atoms with van der Waals surface area (Å²) in [6.07, 6.45) is 4.51. The van der Waals surface area contributed by atoms with Crippen LogP contribution in [0.15, 0.2) is 24.3 Å². The zero-order chi connectivity index (χ0) is 14.7. The third-order valence-electron chi connectivity index (χ3n) is 4.53. The zero-order valence-corrected chi connectivity index (χ0v) is 12.6. The van der Waals surface area contributed by atoms with Crippen LogP contribution in [0.1, 0.15) is 37.3 Å². The van der Waals surface area contributed by atoms with Crippen molar-refractivity contribution in [2.75, 3.05) is 20.2 Å². The first-order chi connectivity index (χ1) is 10.3. The van der Waals surface area contributed by atoms with Crippen LogP contribution in [-0.2, 0) is 4.79 Å². The van der Waals surface area contributed by atoms with Crippen molar-refractivity contribution in [3.63, 3.8) is 0 Å². The lowest BCUT2D eigenvalue weighted by atomic mass is 9.96. The molecule has 2 atom stereocenters. The van der Waals surface area contributed by atoms with Gasteiger partial charge in [-0.05, 0) is 55.8 Å². The fourth-order valence-corrected chi connectivity index (χ4v) is 3.06. The molecule has 2 aliphatic rings. The van der Waals surface area contributed by atoms with Crippen molar-refractivity contribution in [1.29, 1.82) is 0 Å². The van der Waals surface area contributed by atoms with E-state index in [1.807, 2.05) is 12.1 Å². The van der Waals surface area contributed by atoms with Crippen LogP contribution in [0.4, 0.5) is 0 Å². The Labute approximate surface area is 126 Å². The Hall–Kier alpha value is -1.55. The molecule has 1 aliphatic heterocycles. The van der Waals surface area contributed by atoms with Gasteiger partial charge in [0.15, 0.2) is 0 Å². The average Bonchev–Trinajstić information content (AvgIpc) is 3.38. The molecule has 2 fully saturated rings. The number of hydrogen-bond acceptors (Lipinski definition) is 3. The summed E-state index contributed by atoms with van der Waals surface area (Å²) in [6.45, 7) is 1.85. The van der Waals surface area contributed by atoms with E-state index in [0.29, 0.717) is 5.92 Å². The van der Waals surface area contributed by atoms with Gasteiger partial charge in [-0.2, -0.15) is 0 Å². The molecule has 1 aromatic carbocycles. The normalized spacial score (nSPS) is 23.4. The second-order valence-corrected chi connectivity index (χ2v) is 6.14. The van der Waals surface area contributed by atoms with E-state index in [4.69, 9.17) is 4.74 Å². The molecule has 4 heteroatoms. The number of ether oxygens (including phenoxy) is 1. The molecule has 0 spiro atoms. The van der Waals surface area contributed by atoms with Crippen molar-refractivity contribution in [3.8, 4) is 5.75 Å². The van der Waals surface area contributed by atoms with Crippen LogP contribution in [0.25, 0.3) is 0 Å². The van der Waals surface area contributed by atoms with Crippen LogP contribution in [-0.4, -0.2) is 26.1 Å². The second-order valence-electron chi connectivity index (χ2n) is 6.14. The maximum Gasteiger partial charge on any atom is 0.224 e. The van der Waals surface area contributed by atoms with Crippen LogP contribution in [0.2, 0.25) is 0 Å². The minimum absolute atomic E-state index is 0.123. The van der Waals surface area contributed by atoms with Gasteiger partial charge in [0.1, 0.15) is 5.75 Å². The summed E-state index contributed by atoms with van der Waals surface area (Å²) < 4.78 is 5.21. The monoisotopic (exact) mass is 288 g/mol. The van der Waals surface area contributed by atoms with E-state index >= 15 is 0 Å². The van der Waals surface area contributed by atoms with Crippen molar-refractivity contribution in [3.05, 3.63) is 29.8 Å². The lowest BCUT2D eigenvalue weighted by Gasteiger charge is -2.26. The SMILES string of the molecule is COc1ccc(C(NC(=O)[C@H]2CCCNC2)C2CC2)cc1. The van der Waals surface area contributed by atoms with E-state index in [1.54, 1.807) is 7.11 Å². The van der Waals surface area contributed by atoms with Crippen LogP contribution < -0.4 is 15.4 Å². The molecule has 1 aromatic rings. The summed E-state index contributed by atoms with van der Waals surface area (Å²) in [4.78, 5) is 12.5. The first-order valence-corrected chi connectivity index (χ1v) is 7.93. The van der Waals surface area contributed by atoms with E-state index in [9.17, 15) is 4.79 Å². The number of benzene rings is 1. The Balaban J connectivity index is 1.67. The quantitative estimate of drug-likeness (QED) is 0.874. The maximum atomic E-state index is 12.5. The highest BCUT2D eigenvalue weighted by Gasteiger charge is 2.34. The number of hydrogen-bond donors (Lipinski definition) is 2. The standard InChI is InChI=1S/C17H24N2O2/c1-21-15-8-6-13(7-9-15)16(12-4-5-12)19-17(20)14-3-2-10-18-11-14/h6-9,12,14,16,18H,2-5,10-11H2,1H3,(H,19,20)/t14-,16?/m0/s1. The van der Waals surface area contributed by atoms with Crippen LogP contribution in [0.3, 0.4) is 0 Å². The molecule has 21 heavy (non-hydrogen) atoms. The predicted octanol–water partition coefficient (Wildman–Crippen LogP) is 2.26. The van der Waals surface area contributed by atoms with Gasteiger partial charge in [0.05, 0.1) is 19.1 Å². The van der Waals surface area contributed by atoms with Gasteiger partial charge in [-0.1, -0.05) is 12.1 Å². The summed E-state index contributed by atoms with van der Waals surface area (Å²) in [5.41, 5.74) is 1.19. The van der Waals surface area contributed by atoms with Gasteiger partial charge in [-0.15, -0.1) is 0 Å². The Morgan fingerprint density at radius 3 is 2.62 bits per heavy atom. The van der Waals surface area contributed by atoms with E-state index < -0.39 is 0 Å². The molecule has 1 saturated carbocycles. The highest BCUT2D eigenvalue weighted by Crippen LogP contribution is 2.41. The molecule has 1 aliphatic carbocycles. The lowest BCUT2D eigenvalue weighted by Crippen LogP contribution is -2.42. The Bertz CT molecular complexity index is 476. The van der Waals surface area contributed by atoms with Crippen molar-refractivity contribution < 1.29 is 9.53 Å². The third-order valence-corrected chi connectivity index (χ3v) is 4.53. The number of amides is 1. The van der Waals surface area contributed by atoms with E-state index in [1.165, 1.54) is 18.4 Å². The van der Waals surface area contributed by atoms with Crippen LogP contribution in [0.5, 0.6) is 5.75 Å². The topological polar surface area (TPSA) is 50.4 Å². The highest BCUT2D eigenvalue weighted by molar-refractivity contribution is 5.79. The average molecular weight is 288 g/mol. The van der Waals surface area contributed by atoms with Gasteiger partial charge < -0.3 is 15.4 Å².